The Morgan fingerprint density at radius 1 is 1.00 bits per heavy atom. The third kappa shape index (κ3) is 4.12. The van der Waals surface area contributed by atoms with Gasteiger partial charge in [0.15, 0.2) is 0 Å². The summed E-state index contributed by atoms with van der Waals surface area (Å²) < 4.78 is 3.26. The second-order valence-corrected chi connectivity index (χ2v) is 6.34. The molecule has 0 aliphatic heterocycles. The smallest absolute Gasteiger partial charge is 0.245 e. The van der Waals surface area contributed by atoms with Crippen molar-refractivity contribution < 1.29 is 4.79 Å². The lowest BCUT2D eigenvalue weighted by atomic mass is 10.1. The van der Waals surface area contributed by atoms with E-state index in [0.717, 1.165) is 16.8 Å². The van der Waals surface area contributed by atoms with Crippen LogP contribution in [0.2, 0.25) is 0 Å². The number of tetrazole rings is 1. The summed E-state index contributed by atoms with van der Waals surface area (Å²) in [4.78, 5) is 12.8. The van der Waals surface area contributed by atoms with Gasteiger partial charge in [0.2, 0.25) is 5.91 Å². The Labute approximate surface area is 161 Å². The predicted octanol–water partition coefficient (Wildman–Crippen LogP) is 1.96. The lowest BCUT2D eigenvalue weighted by Crippen LogP contribution is -2.33. The highest BCUT2D eigenvalue weighted by molar-refractivity contribution is 5.80. The van der Waals surface area contributed by atoms with Crippen LogP contribution in [0.1, 0.15) is 17.2 Å². The monoisotopic (exact) mass is 373 g/mol. The maximum absolute atomic E-state index is 12.8. The molecule has 0 aliphatic rings. The number of rotatable bonds is 7. The van der Waals surface area contributed by atoms with Crippen LogP contribution in [-0.4, -0.2) is 35.9 Å². The Balaban J connectivity index is 1.44. The van der Waals surface area contributed by atoms with Crippen LogP contribution in [0.25, 0.3) is 5.69 Å². The molecule has 0 spiro atoms. The molecule has 0 radical (unpaired) electrons. The van der Waals surface area contributed by atoms with Crippen LogP contribution >= 0.6 is 0 Å². The first-order valence-corrected chi connectivity index (χ1v) is 8.93. The number of hydrogen-bond acceptors (Lipinski definition) is 5. The first kappa shape index (κ1) is 17.6. The van der Waals surface area contributed by atoms with Gasteiger partial charge in [-0.15, -0.1) is 5.10 Å². The van der Waals surface area contributed by atoms with Gasteiger partial charge in [-0.25, -0.2) is 9.36 Å². The summed E-state index contributed by atoms with van der Waals surface area (Å²) in [7, 11) is 0. The van der Waals surface area contributed by atoms with E-state index >= 15 is 0 Å². The van der Waals surface area contributed by atoms with Crippen LogP contribution in [0.5, 0.6) is 0 Å². The Morgan fingerprint density at radius 3 is 2.46 bits per heavy atom. The van der Waals surface area contributed by atoms with E-state index in [1.165, 1.54) is 11.0 Å². The quantitative estimate of drug-likeness (QED) is 0.535. The van der Waals surface area contributed by atoms with E-state index in [1.807, 2.05) is 66.9 Å². The van der Waals surface area contributed by atoms with E-state index in [0.29, 0.717) is 13.0 Å². The fourth-order valence-electron chi connectivity index (χ4n) is 2.94. The molecule has 2 aromatic heterocycles. The van der Waals surface area contributed by atoms with Gasteiger partial charge in [-0.05, 0) is 28.1 Å². The number of hydrogen-bond donors (Lipinski definition) is 1. The van der Waals surface area contributed by atoms with Crippen molar-refractivity contribution in [3.05, 3.63) is 90.5 Å². The number of nitrogens with one attached hydrogen (secondary N) is 1. The van der Waals surface area contributed by atoms with Gasteiger partial charge < -0.3 is 5.32 Å². The zero-order chi connectivity index (χ0) is 19.2. The van der Waals surface area contributed by atoms with Crippen molar-refractivity contribution in [2.75, 3.05) is 0 Å². The van der Waals surface area contributed by atoms with Gasteiger partial charge in [0.1, 0.15) is 12.4 Å². The molecular formula is C20H19N7O. The molecule has 0 aliphatic carbocycles. The van der Waals surface area contributed by atoms with Crippen LogP contribution in [0, 0.1) is 0 Å². The number of carbonyl (C=O) groups excluding carboxylic acids is 1. The zero-order valence-electron chi connectivity index (χ0n) is 15.1. The van der Waals surface area contributed by atoms with Crippen molar-refractivity contribution in [3.63, 3.8) is 0 Å². The van der Waals surface area contributed by atoms with Gasteiger partial charge >= 0.3 is 0 Å². The largest absolute Gasteiger partial charge is 0.350 e. The molecule has 140 valence electrons. The van der Waals surface area contributed by atoms with E-state index < -0.39 is 6.04 Å². The molecule has 8 heteroatoms. The Morgan fingerprint density at radius 2 is 1.75 bits per heavy atom. The molecule has 4 aromatic rings. The maximum Gasteiger partial charge on any atom is 0.245 e. The fraction of sp³-hybridized carbons (Fsp3) is 0.150. The summed E-state index contributed by atoms with van der Waals surface area (Å²) in [6.07, 6.45) is 5.61. The molecule has 0 fully saturated rings. The maximum atomic E-state index is 12.8. The number of benzene rings is 2. The Hall–Kier alpha value is -3.81. The molecule has 2 aromatic carbocycles. The van der Waals surface area contributed by atoms with Gasteiger partial charge in [0.05, 0.1) is 11.9 Å². The van der Waals surface area contributed by atoms with Gasteiger partial charge in [-0.2, -0.15) is 5.10 Å². The van der Waals surface area contributed by atoms with Crippen LogP contribution < -0.4 is 5.32 Å². The van der Waals surface area contributed by atoms with Crippen molar-refractivity contribution >= 4 is 5.91 Å². The van der Waals surface area contributed by atoms with Crippen LogP contribution in [0.3, 0.4) is 0 Å². The van der Waals surface area contributed by atoms with Gasteiger partial charge in [-0.3, -0.25) is 4.79 Å². The van der Waals surface area contributed by atoms with E-state index in [9.17, 15) is 4.79 Å². The van der Waals surface area contributed by atoms with Gasteiger partial charge in [0.25, 0.3) is 0 Å². The normalized spacial score (nSPS) is 11.9. The van der Waals surface area contributed by atoms with E-state index in [-0.39, 0.29) is 5.91 Å². The van der Waals surface area contributed by atoms with Crippen molar-refractivity contribution in [1.29, 1.82) is 0 Å². The number of para-hydroxylation sites is 1. The molecule has 4 rings (SSSR count). The fourth-order valence-corrected chi connectivity index (χ4v) is 2.94. The first-order valence-electron chi connectivity index (χ1n) is 8.93. The van der Waals surface area contributed by atoms with Crippen molar-refractivity contribution in [2.24, 2.45) is 0 Å². The highest BCUT2D eigenvalue weighted by atomic mass is 16.2. The van der Waals surface area contributed by atoms with Crippen molar-refractivity contribution in [1.82, 2.24) is 35.3 Å². The summed E-state index contributed by atoms with van der Waals surface area (Å²) in [5.41, 5.74) is 2.91. The van der Waals surface area contributed by atoms with E-state index in [1.54, 1.807) is 10.9 Å². The summed E-state index contributed by atoms with van der Waals surface area (Å²) in [5.74, 6) is -0.149. The van der Waals surface area contributed by atoms with Gasteiger partial charge in [0, 0.05) is 24.7 Å². The third-order valence-electron chi connectivity index (χ3n) is 4.38. The zero-order valence-corrected chi connectivity index (χ0v) is 15.1. The minimum atomic E-state index is -0.526. The molecule has 1 unspecified atom stereocenters. The molecular weight excluding hydrogens is 354 g/mol. The minimum Gasteiger partial charge on any atom is -0.350 e. The SMILES string of the molecule is O=C(NCc1cnn(-c2ccccc2)c1)C(Cc1ccccc1)n1cnnn1. The predicted molar refractivity (Wildman–Crippen MR) is 102 cm³/mol. The average molecular weight is 373 g/mol. The van der Waals surface area contributed by atoms with Crippen LogP contribution in [0.4, 0.5) is 0 Å². The van der Waals surface area contributed by atoms with Crippen LogP contribution in [0.15, 0.2) is 79.4 Å². The summed E-state index contributed by atoms with van der Waals surface area (Å²) >= 11 is 0. The lowest BCUT2D eigenvalue weighted by molar-refractivity contribution is -0.124. The molecule has 0 saturated heterocycles. The molecule has 0 bridgehead atoms. The van der Waals surface area contributed by atoms with Crippen molar-refractivity contribution in [3.8, 4) is 5.69 Å². The number of nitrogens with zero attached hydrogens (tertiary/aromatic N) is 6. The molecule has 1 N–H and O–H groups in total. The lowest BCUT2D eigenvalue weighted by Gasteiger charge is -2.16. The van der Waals surface area contributed by atoms with E-state index in [4.69, 9.17) is 0 Å². The highest BCUT2D eigenvalue weighted by Crippen LogP contribution is 2.14. The van der Waals surface area contributed by atoms with E-state index in [2.05, 4.69) is 25.9 Å². The summed E-state index contributed by atoms with van der Waals surface area (Å²) in [6, 6.07) is 19.1. The minimum absolute atomic E-state index is 0.149. The molecule has 0 saturated carbocycles. The standard InChI is InChI=1S/C20H19N7O/c28-20(19(27-15-22-24-25-27)11-16-7-3-1-4-8-16)21-12-17-13-23-26(14-17)18-9-5-2-6-10-18/h1-10,13-15,19H,11-12H2,(H,21,28). The van der Waals surface area contributed by atoms with Crippen LogP contribution in [-0.2, 0) is 17.8 Å². The number of aromatic nitrogens is 6. The Kier molecular flexibility index (Phi) is 5.19. The first-order chi connectivity index (χ1) is 13.8. The topological polar surface area (TPSA) is 90.5 Å². The average Bonchev–Trinajstić information content (AvgIpc) is 3.44. The summed E-state index contributed by atoms with van der Waals surface area (Å²) in [6.45, 7) is 0.374. The Bertz CT molecular complexity index is 1010. The number of amides is 1. The van der Waals surface area contributed by atoms with Crippen molar-refractivity contribution in [2.45, 2.75) is 19.0 Å². The molecule has 8 nitrogen and oxygen atoms in total. The van der Waals surface area contributed by atoms with Gasteiger partial charge in [-0.1, -0.05) is 48.5 Å². The number of carbonyl (C=O) groups is 1. The third-order valence-corrected chi connectivity index (χ3v) is 4.38. The molecule has 1 atom stereocenters. The summed E-state index contributed by atoms with van der Waals surface area (Å²) in [5, 5.41) is 18.6. The molecule has 2 heterocycles. The second-order valence-electron chi connectivity index (χ2n) is 6.34. The molecule has 28 heavy (non-hydrogen) atoms. The molecule has 1 amide bonds. The second kappa shape index (κ2) is 8.26. The highest BCUT2D eigenvalue weighted by Gasteiger charge is 2.22.